The standard InChI is InChI=1S/C28H33N5O3/c1-19-7-2-5-11-25(19)33-28-30-17-22(18-31-28)21(16-26(35)36)15-24(34)10-4-3-9-23-13-12-20-8-6-14-29-27(20)32-23/h2,5,7,11-13,17-18,21H,3-4,6,8-10,14-16H2,1H3,(H,29,32)(H,35,36)(H,30,31,33)/t21-/m0/s1. The first kappa shape index (κ1) is 25.3. The highest BCUT2D eigenvalue weighted by atomic mass is 16.4. The lowest BCUT2D eigenvalue weighted by Gasteiger charge is -2.17. The molecular weight excluding hydrogens is 454 g/mol. The molecule has 0 saturated carbocycles. The summed E-state index contributed by atoms with van der Waals surface area (Å²) >= 11 is 0. The van der Waals surface area contributed by atoms with Gasteiger partial charge in [0, 0.05) is 49.1 Å². The summed E-state index contributed by atoms with van der Waals surface area (Å²) in [5.74, 6) is 0.0921. The Hall–Kier alpha value is -3.81. The molecule has 8 nitrogen and oxygen atoms in total. The maximum atomic E-state index is 12.7. The highest BCUT2D eigenvalue weighted by Crippen LogP contribution is 2.26. The monoisotopic (exact) mass is 487 g/mol. The zero-order chi connectivity index (χ0) is 25.3. The number of hydrogen-bond donors (Lipinski definition) is 3. The molecule has 0 radical (unpaired) electrons. The number of anilines is 3. The van der Waals surface area contributed by atoms with Crippen molar-refractivity contribution in [1.82, 2.24) is 15.0 Å². The van der Waals surface area contributed by atoms with Crippen molar-refractivity contribution in [2.75, 3.05) is 17.2 Å². The fourth-order valence-corrected chi connectivity index (χ4v) is 4.48. The Morgan fingerprint density at radius 1 is 1.08 bits per heavy atom. The molecule has 1 aromatic carbocycles. The molecule has 188 valence electrons. The number of carboxylic acid groups (broad SMARTS) is 1. The summed E-state index contributed by atoms with van der Waals surface area (Å²) in [5.41, 5.74) is 4.94. The fraction of sp³-hybridized carbons (Fsp3) is 0.393. The summed E-state index contributed by atoms with van der Waals surface area (Å²) in [6.45, 7) is 2.96. The van der Waals surface area contributed by atoms with Crippen molar-refractivity contribution < 1.29 is 14.7 Å². The molecule has 1 aliphatic rings. The normalized spacial score (nSPS) is 13.4. The van der Waals surface area contributed by atoms with E-state index in [4.69, 9.17) is 4.98 Å². The number of aromatic nitrogens is 3. The molecular formula is C28H33N5O3. The van der Waals surface area contributed by atoms with Gasteiger partial charge < -0.3 is 15.7 Å². The van der Waals surface area contributed by atoms with Crippen molar-refractivity contribution in [2.45, 2.75) is 64.2 Å². The minimum atomic E-state index is -0.943. The van der Waals surface area contributed by atoms with Crippen LogP contribution in [-0.2, 0) is 22.4 Å². The Balaban J connectivity index is 1.28. The quantitative estimate of drug-likeness (QED) is 0.298. The number of unbranched alkanes of at least 4 members (excludes halogenated alkanes) is 1. The van der Waals surface area contributed by atoms with E-state index < -0.39 is 11.9 Å². The van der Waals surface area contributed by atoms with Crippen molar-refractivity contribution in [2.24, 2.45) is 0 Å². The Morgan fingerprint density at radius 3 is 2.67 bits per heavy atom. The molecule has 0 spiro atoms. The third kappa shape index (κ3) is 7.10. The Kier molecular flexibility index (Phi) is 8.60. The van der Waals surface area contributed by atoms with Gasteiger partial charge in [0.15, 0.2) is 0 Å². The first-order chi connectivity index (χ1) is 17.5. The number of hydrogen-bond acceptors (Lipinski definition) is 7. The van der Waals surface area contributed by atoms with Crippen LogP contribution in [0, 0.1) is 6.92 Å². The third-order valence-corrected chi connectivity index (χ3v) is 6.52. The van der Waals surface area contributed by atoms with Gasteiger partial charge in [0.05, 0.1) is 6.42 Å². The molecule has 4 rings (SSSR count). The van der Waals surface area contributed by atoms with Crippen LogP contribution in [0.2, 0.25) is 0 Å². The van der Waals surface area contributed by atoms with Gasteiger partial charge in [0.1, 0.15) is 11.6 Å². The van der Waals surface area contributed by atoms with Crippen LogP contribution in [0.5, 0.6) is 0 Å². The van der Waals surface area contributed by atoms with Gasteiger partial charge in [-0.2, -0.15) is 0 Å². The number of fused-ring (bicyclic) bond motifs is 1. The molecule has 0 saturated heterocycles. The van der Waals surface area contributed by atoms with Gasteiger partial charge in [-0.3, -0.25) is 9.59 Å². The summed E-state index contributed by atoms with van der Waals surface area (Å²) in [4.78, 5) is 37.5. The number of rotatable bonds is 12. The molecule has 36 heavy (non-hydrogen) atoms. The van der Waals surface area contributed by atoms with E-state index in [2.05, 4.69) is 32.7 Å². The fourth-order valence-electron chi connectivity index (χ4n) is 4.48. The number of ketones is 1. The van der Waals surface area contributed by atoms with Crippen LogP contribution in [0.4, 0.5) is 17.5 Å². The van der Waals surface area contributed by atoms with E-state index >= 15 is 0 Å². The van der Waals surface area contributed by atoms with Crippen molar-refractivity contribution in [3.8, 4) is 0 Å². The molecule has 1 atom stereocenters. The highest BCUT2D eigenvalue weighted by Gasteiger charge is 2.20. The summed E-state index contributed by atoms with van der Waals surface area (Å²) in [6, 6.07) is 12.0. The van der Waals surface area contributed by atoms with Gasteiger partial charge in [0.25, 0.3) is 0 Å². The van der Waals surface area contributed by atoms with Gasteiger partial charge in [-0.25, -0.2) is 15.0 Å². The summed E-state index contributed by atoms with van der Waals surface area (Å²) < 4.78 is 0. The zero-order valence-electron chi connectivity index (χ0n) is 20.7. The van der Waals surface area contributed by atoms with E-state index in [1.807, 2.05) is 31.2 Å². The number of nitrogens with zero attached hydrogens (tertiary/aromatic N) is 3. The van der Waals surface area contributed by atoms with E-state index in [0.717, 1.165) is 61.4 Å². The Labute approximate surface area is 211 Å². The second kappa shape index (κ2) is 12.2. The van der Waals surface area contributed by atoms with E-state index in [1.54, 1.807) is 12.4 Å². The van der Waals surface area contributed by atoms with E-state index in [9.17, 15) is 14.7 Å². The van der Waals surface area contributed by atoms with Gasteiger partial charge in [-0.05, 0) is 67.9 Å². The van der Waals surface area contributed by atoms with Gasteiger partial charge >= 0.3 is 5.97 Å². The number of para-hydroxylation sites is 1. The molecule has 0 fully saturated rings. The lowest BCUT2D eigenvalue weighted by atomic mass is 9.91. The van der Waals surface area contributed by atoms with E-state index in [-0.39, 0.29) is 18.6 Å². The lowest BCUT2D eigenvalue weighted by Crippen LogP contribution is -2.14. The number of aliphatic carboxylic acids is 1. The topological polar surface area (TPSA) is 117 Å². The van der Waals surface area contributed by atoms with Crippen LogP contribution >= 0.6 is 0 Å². The molecule has 0 bridgehead atoms. The van der Waals surface area contributed by atoms with Crippen molar-refractivity contribution in [3.05, 3.63) is 71.2 Å². The molecule has 0 unspecified atom stereocenters. The first-order valence-corrected chi connectivity index (χ1v) is 12.6. The number of carbonyl (C=O) groups is 2. The van der Waals surface area contributed by atoms with Crippen LogP contribution in [0.25, 0.3) is 0 Å². The van der Waals surface area contributed by atoms with Crippen molar-refractivity contribution in [3.63, 3.8) is 0 Å². The maximum absolute atomic E-state index is 12.7. The van der Waals surface area contributed by atoms with E-state index in [0.29, 0.717) is 17.9 Å². The summed E-state index contributed by atoms with van der Waals surface area (Å²) in [5, 5.41) is 15.9. The molecule has 3 aromatic rings. The SMILES string of the molecule is Cc1ccccc1Nc1ncc([C@H](CC(=O)O)CC(=O)CCCCc2ccc3c(n2)NCCC3)cn1. The molecule has 0 amide bonds. The minimum absolute atomic E-state index is 0.0587. The number of carbonyl (C=O) groups excluding carboxylic acids is 1. The molecule has 2 aromatic heterocycles. The minimum Gasteiger partial charge on any atom is -0.481 e. The Morgan fingerprint density at radius 2 is 1.89 bits per heavy atom. The summed E-state index contributed by atoms with van der Waals surface area (Å²) in [6.07, 6.45) is 8.33. The van der Waals surface area contributed by atoms with E-state index in [1.165, 1.54) is 5.56 Å². The number of Topliss-reactive ketones (excluding diaryl/α,β-unsaturated/α-hetero) is 1. The zero-order valence-corrected chi connectivity index (χ0v) is 20.7. The molecule has 8 heteroatoms. The highest BCUT2D eigenvalue weighted by molar-refractivity contribution is 5.80. The van der Waals surface area contributed by atoms with Gasteiger partial charge in [-0.15, -0.1) is 0 Å². The summed E-state index contributed by atoms with van der Waals surface area (Å²) in [7, 11) is 0. The molecule has 3 N–H and O–H groups in total. The number of nitrogens with one attached hydrogen (secondary N) is 2. The predicted molar refractivity (Wildman–Crippen MR) is 140 cm³/mol. The van der Waals surface area contributed by atoms with Crippen LogP contribution in [0.3, 0.4) is 0 Å². The largest absolute Gasteiger partial charge is 0.481 e. The van der Waals surface area contributed by atoms with Crippen molar-refractivity contribution >= 4 is 29.2 Å². The third-order valence-electron chi connectivity index (χ3n) is 6.52. The second-order valence-corrected chi connectivity index (χ2v) is 9.37. The second-order valence-electron chi connectivity index (χ2n) is 9.37. The number of benzene rings is 1. The van der Waals surface area contributed by atoms with Gasteiger partial charge in [-0.1, -0.05) is 24.3 Å². The average Bonchev–Trinajstić information content (AvgIpc) is 2.88. The smallest absolute Gasteiger partial charge is 0.303 e. The number of aryl methyl sites for hydroxylation is 3. The molecule has 3 heterocycles. The predicted octanol–water partition coefficient (Wildman–Crippen LogP) is 5.21. The van der Waals surface area contributed by atoms with Crippen molar-refractivity contribution in [1.29, 1.82) is 0 Å². The van der Waals surface area contributed by atoms with Gasteiger partial charge in [0.2, 0.25) is 5.95 Å². The number of pyridine rings is 1. The first-order valence-electron chi connectivity index (χ1n) is 12.6. The van der Waals surface area contributed by atoms with Crippen LogP contribution in [-0.4, -0.2) is 38.4 Å². The van der Waals surface area contributed by atoms with Crippen LogP contribution in [0.1, 0.15) is 66.8 Å². The lowest BCUT2D eigenvalue weighted by molar-refractivity contribution is -0.137. The van der Waals surface area contributed by atoms with Crippen LogP contribution < -0.4 is 10.6 Å². The molecule has 1 aliphatic heterocycles. The van der Waals surface area contributed by atoms with Crippen LogP contribution in [0.15, 0.2) is 48.8 Å². The number of carboxylic acids is 1. The Bertz CT molecular complexity index is 1200. The molecule has 0 aliphatic carbocycles. The maximum Gasteiger partial charge on any atom is 0.303 e. The average molecular weight is 488 g/mol.